The van der Waals surface area contributed by atoms with Crippen LogP contribution < -0.4 is 4.90 Å². The fourth-order valence-electron chi connectivity index (χ4n) is 2.03. The predicted octanol–water partition coefficient (Wildman–Crippen LogP) is 3.77. The Hall–Kier alpha value is -1.54. The van der Waals surface area contributed by atoms with Gasteiger partial charge in [-0.05, 0) is 29.7 Å². The molecule has 0 aliphatic heterocycles. The molecule has 0 aliphatic carbocycles. The second kappa shape index (κ2) is 5.87. The first-order chi connectivity index (χ1) is 8.70. The maximum absolute atomic E-state index is 5.81. The van der Waals surface area contributed by atoms with Crippen molar-refractivity contribution < 1.29 is 0 Å². The van der Waals surface area contributed by atoms with Crippen LogP contribution in [-0.2, 0) is 12.4 Å². The summed E-state index contributed by atoms with van der Waals surface area (Å²) in [5.74, 6) is 1.52. The van der Waals surface area contributed by atoms with Crippen molar-refractivity contribution in [3.8, 4) is 0 Å². The molecule has 0 N–H and O–H groups in total. The lowest BCUT2D eigenvalue weighted by molar-refractivity contribution is 0.888. The van der Waals surface area contributed by atoms with Gasteiger partial charge in [-0.1, -0.05) is 30.3 Å². The van der Waals surface area contributed by atoms with Crippen LogP contribution in [0.5, 0.6) is 0 Å². The van der Waals surface area contributed by atoms with Gasteiger partial charge in [0, 0.05) is 25.7 Å². The Morgan fingerprint density at radius 1 is 1.17 bits per heavy atom. The van der Waals surface area contributed by atoms with E-state index in [9.17, 15) is 0 Å². The Kier molecular flexibility index (Phi) is 4.21. The second-order valence-electron chi connectivity index (χ2n) is 4.46. The molecule has 94 valence electrons. The van der Waals surface area contributed by atoms with Gasteiger partial charge in [0.25, 0.3) is 0 Å². The van der Waals surface area contributed by atoms with Gasteiger partial charge in [-0.15, -0.1) is 11.6 Å². The molecule has 2 rings (SSSR count). The normalized spacial score (nSPS) is 10.4. The first-order valence-electron chi connectivity index (χ1n) is 5.97. The maximum Gasteiger partial charge on any atom is 0.131 e. The fraction of sp³-hybridized carbons (Fsp3) is 0.267. The first-order valence-corrected chi connectivity index (χ1v) is 6.50. The molecular weight excluding hydrogens is 244 g/mol. The molecule has 2 aromatic rings. The SMILES string of the molecule is Cc1cc(CCl)cnc1N(C)Cc1ccccc1. The molecule has 0 radical (unpaired) electrons. The molecule has 0 unspecified atom stereocenters. The zero-order valence-electron chi connectivity index (χ0n) is 10.7. The Morgan fingerprint density at radius 3 is 2.50 bits per heavy atom. The number of rotatable bonds is 4. The van der Waals surface area contributed by atoms with Crippen LogP contribution in [0.15, 0.2) is 42.6 Å². The van der Waals surface area contributed by atoms with Crippen LogP contribution in [0.2, 0.25) is 0 Å². The van der Waals surface area contributed by atoms with E-state index < -0.39 is 0 Å². The first kappa shape index (κ1) is 12.9. The third-order valence-electron chi connectivity index (χ3n) is 2.89. The van der Waals surface area contributed by atoms with Gasteiger partial charge in [0.15, 0.2) is 0 Å². The molecule has 1 aromatic heterocycles. The zero-order chi connectivity index (χ0) is 13.0. The highest BCUT2D eigenvalue weighted by Crippen LogP contribution is 2.19. The molecule has 1 heterocycles. The van der Waals surface area contributed by atoms with E-state index >= 15 is 0 Å². The Labute approximate surface area is 113 Å². The van der Waals surface area contributed by atoms with Crippen molar-refractivity contribution in [1.29, 1.82) is 0 Å². The molecule has 0 spiro atoms. The summed E-state index contributed by atoms with van der Waals surface area (Å²) in [5, 5.41) is 0. The topological polar surface area (TPSA) is 16.1 Å². The van der Waals surface area contributed by atoms with Crippen molar-refractivity contribution >= 4 is 17.4 Å². The van der Waals surface area contributed by atoms with Crippen molar-refractivity contribution in [2.75, 3.05) is 11.9 Å². The van der Waals surface area contributed by atoms with E-state index in [1.165, 1.54) is 5.56 Å². The van der Waals surface area contributed by atoms with Gasteiger partial charge < -0.3 is 4.90 Å². The second-order valence-corrected chi connectivity index (χ2v) is 4.73. The smallest absolute Gasteiger partial charge is 0.131 e. The van der Waals surface area contributed by atoms with Gasteiger partial charge in [-0.3, -0.25) is 0 Å². The van der Waals surface area contributed by atoms with E-state index in [-0.39, 0.29) is 0 Å². The average molecular weight is 261 g/mol. The van der Waals surface area contributed by atoms with Gasteiger partial charge in [0.1, 0.15) is 5.82 Å². The number of halogens is 1. The van der Waals surface area contributed by atoms with Crippen LogP contribution in [0.4, 0.5) is 5.82 Å². The van der Waals surface area contributed by atoms with E-state index in [2.05, 4.69) is 54.2 Å². The van der Waals surface area contributed by atoms with E-state index in [1.807, 2.05) is 12.3 Å². The largest absolute Gasteiger partial charge is 0.355 e. The number of alkyl halides is 1. The fourth-order valence-corrected chi connectivity index (χ4v) is 2.18. The summed E-state index contributed by atoms with van der Waals surface area (Å²) >= 11 is 5.81. The molecule has 0 atom stereocenters. The summed E-state index contributed by atoms with van der Waals surface area (Å²) in [5.41, 5.74) is 3.50. The van der Waals surface area contributed by atoms with E-state index in [1.54, 1.807) is 0 Å². The number of aryl methyl sites for hydroxylation is 1. The van der Waals surface area contributed by atoms with E-state index in [4.69, 9.17) is 11.6 Å². The summed E-state index contributed by atoms with van der Waals surface area (Å²) in [6, 6.07) is 12.5. The van der Waals surface area contributed by atoms with Gasteiger partial charge in [-0.2, -0.15) is 0 Å². The molecule has 1 aromatic carbocycles. The van der Waals surface area contributed by atoms with Crippen LogP contribution >= 0.6 is 11.6 Å². The quantitative estimate of drug-likeness (QED) is 0.778. The highest BCUT2D eigenvalue weighted by Gasteiger charge is 2.07. The summed E-state index contributed by atoms with van der Waals surface area (Å²) in [6.45, 7) is 2.93. The number of hydrogen-bond acceptors (Lipinski definition) is 2. The van der Waals surface area contributed by atoms with Crippen molar-refractivity contribution in [3.63, 3.8) is 0 Å². The third-order valence-corrected chi connectivity index (χ3v) is 3.19. The van der Waals surface area contributed by atoms with Crippen LogP contribution in [0.1, 0.15) is 16.7 Å². The molecule has 2 nitrogen and oxygen atoms in total. The number of hydrogen-bond donors (Lipinski definition) is 0. The van der Waals surface area contributed by atoms with E-state index in [0.29, 0.717) is 5.88 Å². The Morgan fingerprint density at radius 2 is 1.89 bits per heavy atom. The molecule has 0 bridgehead atoms. The number of pyridine rings is 1. The average Bonchev–Trinajstić information content (AvgIpc) is 2.39. The standard InChI is InChI=1S/C15H17ClN2/c1-12-8-14(9-16)10-17-15(12)18(2)11-13-6-4-3-5-7-13/h3-8,10H,9,11H2,1-2H3. The van der Waals surface area contributed by atoms with Gasteiger partial charge in [0.05, 0.1) is 0 Å². The molecule has 18 heavy (non-hydrogen) atoms. The zero-order valence-corrected chi connectivity index (χ0v) is 11.5. The third kappa shape index (κ3) is 3.02. The van der Waals surface area contributed by atoms with E-state index in [0.717, 1.165) is 23.5 Å². The van der Waals surface area contributed by atoms with Crippen LogP contribution in [0.25, 0.3) is 0 Å². The highest BCUT2D eigenvalue weighted by molar-refractivity contribution is 6.17. The number of nitrogens with zero attached hydrogens (tertiary/aromatic N) is 2. The summed E-state index contributed by atoms with van der Waals surface area (Å²) in [4.78, 5) is 6.64. The summed E-state index contributed by atoms with van der Waals surface area (Å²) in [6.07, 6.45) is 1.84. The van der Waals surface area contributed by atoms with Gasteiger partial charge >= 0.3 is 0 Å². The Balaban J connectivity index is 2.16. The molecule has 0 amide bonds. The lowest BCUT2D eigenvalue weighted by Crippen LogP contribution is -2.18. The highest BCUT2D eigenvalue weighted by atomic mass is 35.5. The number of benzene rings is 1. The number of aromatic nitrogens is 1. The molecule has 0 saturated heterocycles. The lowest BCUT2D eigenvalue weighted by Gasteiger charge is -2.20. The van der Waals surface area contributed by atoms with Crippen molar-refractivity contribution in [1.82, 2.24) is 4.98 Å². The summed E-state index contributed by atoms with van der Waals surface area (Å²) in [7, 11) is 2.06. The minimum atomic E-state index is 0.510. The Bertz CT molecular complexity index is 511. The van der Waals surface area contributed by atoms with Crippen LogP contribution in [0, 0.1) is 6.92 Å². The van der Waals surface area contributed by atoms with Gasteiger partial charge in [-0.25, -0.2) is 4.98 Å². The van der Waals surface area contributed by atoms with Crippen LogP contribution in [-0.4, -0.2) is 12.0 Å². The number of anilines is 1. The van der Waals surface area contributed by atoms with Crippen molar-refractivity contribution in [2.45, 2.75) is 19.3 Å². The molecular formula is C15H17ClN2. The monoisotopic (exact) mass is 260 g/mol. The minimum Gasteiger partial charge on any atom is -0.355 e. The molecule has 0 fully saturated rings. The van der Waals surface area contributed by atoms with Gasteiger partial charge in [0.2, 0.25) is 0 Å². The van der Waals surface area contributed by atoms with Crippen LogP contribution in [0.3, 0.4) is 0 Å². The molecule has 0 aliphatic rings. The molecule has 0 saturated carbocycles. The van der Waals surface area contributed by atoms with Crippen molar-refractivity contribution in [2.24, 2.45) is 0 Å². The maximum atomic E-state index is 5.81. The summed E-state index contributed by atoms with van der Waals surface area (Å²) < 4.78 is 0. The lowest BCUT2D eigenvalue weighted by atomic mass is 10.2. The predicted molar refractivity (Wildman–Crippen MR) is 77.1 cm³/mol. The molecule has 3 heteroatoms. The van der Waals surface area contributed by atoms with Crippen molar-refractivity contribution in [3.05, 3.63) is 59.3 Å². The minimum absolute atomic E-state index is 0.510.